The fourth-order valence-corrected chi connectivity index (χ4v) is 4.25. The van der Waals surface area contributed by atoms with Crippen molar-refractivity contribution in [3.05, 3.63) is 102 Å². The molecule has 0 aliphatic carbocycles. The molecule has 0 saturated carbocycles. The quantitative estimate of drug-likeness (QED) is 0.251. The average molecular weight is 604 g/mol. The minimum absolute atomic E-state index is 0.0390. The summed E-state index contributed by atoms with van der Waals surface area (Å²) in [5, 5.41) is 7.95. The van der Waals surface area contributed by atoms with Crippen LogP contribution in [0, 0.1) is 0 Å². The highest BCUT2D eigenvalue weighted by Gasteiger charge is 2.29. The molecule has 0 aromatic heterocycles. The number of rotatable bonds is 13. The molecule has 3 N–H and O–H groups in total. The van der Waals surface area contributed by atoms with E-state index in [0.717, 1.165) is 16.7 Å². The second-order valence-corrected chi connectivity index (χ2v) is 11.3. The molecular weight excluding hydrogens is 562 g/mol. The maximum absolute atomic E-state index is 13.6. The average Bonchev–Trinajstić information content (AvgIpc) is 3.00. The summed E-state index contributed by atoms with van der Waals surface area (Å²) in [6.45, 7) is 7.35. The second-order valence-electron chi connectivity index (χ2n) is 11.3. The Morgan fingerprint density at radius 3 is 1.77 bits per heavy atom. The first-order valence-corrected chi connectivity index (χ1v) is 14.4. The van der Waals surface area contributed by atoms with Gasteiger partial charge in [0.15, 0.2) is 0 Å². The maximum Gasteiger partial charge on any atom is 0.408 e. The van der Waals surface area contributed by atoms with Crippen LogP contribution in [-0.4, -0.2) is 54.7 Å². The topological polar surface area (TPSA) is 132 Å². The normalized spacial score (nSPS) is 13.0. The molecule has 10 nitrogen and oxygen atoms in total. The number of amides is 3. The number of carbonyl (C=O) groups is 4. The van der Waals surface area contributed by atoms with E-state index in [4.69, 9.17) is 14.2 Å². The summed E-state index contributed by atoms with van der Waals surface area (Å²) in [6.07, 6.45) is -0.470. The molecule has 3 amide bonds. The number of benzene rings is 3. The van der Waals surface area contributed by atoms with Crippen LogP contribution in [0.3, 0.4) is 0 Å². The number of alkyl carbamates (subject to hydrolysis) is 1. The van der Waals surface area contributed by atoms with Crippen LogP contribution in [0.15, 0.2) is 84.9 Å². The standard InChI is InChI=1S/C34H41N3O7/c1-23(35-33(41)43-22-26-14-10-7-11-15-26)30(38)36-28(20-25-16-18-27(19-17-25)44-34(2,3)4)31(39)37-29(32(40)42-5)21-24-12-8-6-9-13-24/h6-19,23,28-29H,20-22H2,1-5H3,(H,35,41)(H,36,38)(H,37,39)/t23-,28+,29+/m1/s1. The molecule has 10 heteroatoms. The molecule has 3 atom stereocenters. The second kappa shape index (κ2) is 16.1. The Kier molecular flexibility index (Phi) is 12.3. The van der Waals surface area contributed by atoms with Crippen molar-refractivity contribution in [3.8, 4) is 5.75 Å². The number of nitrogens with one attached hydrogen (secondary N) is 3. The Hall–Kier alpha value is -4.86. The van der Waals surface area contributed by atoms with Crippen molar-refractivity contribution < 1.29 is 33.4 Å². The first-order chi connectivity index (χ1) is 20.9. The summed E-state index contributed by atoms with van der Waals surface area (Å²) >= 11 is 0. The van der Waals surface area contributed by atoms with Gasteiger partial charge in [-0.2, -0.15) is 0 Å². The lowest BCUT2D eigenvalue weighted by Gasteiger charge is -2.24. The van der Waals surface area contributed by atoms with Gasteiger partial charge in [-0.3, -0.25) is 9.59 Å². The summed E-state index contributed by atoms with van der Waals surface area (Å²) < 4.78 is 16.0. The molecule has 0 saturated heterocycles. The highest BCUT2D eigenvalue weighted by atomic mass is 16.5. The molecule has 3 aromatic carbocycles. The third-order valence-electron chi connectivity index (χ3n) is 6.45. The van der Waals surface area contributed by atoms with E-state index < -0.39 is 42.0 Å². The Bertz CT molecular complexity index is 1370. The van der Waals surface area contributed by atoms with Gasteiger partial charge in [0.05, 0.1) is 7.11 Å². The van der Waals surface area contributed by atoms with Crippen LogP contribution in [0.1, 0.15) is 44.4 Å². The molecule has 0 aliphatic rings. The molecule has 44 heavy (non-hydrogen) atoms. The van der Waals surface area contributed by atoms with Gasteiger partial charge in [0.2, 0.25) is 11.8 Å². The number of methoxy groups -OCH3 is 1. The third kappa shape index (κ3) is 11.4. The largest absolute Gasteiger partial charge is 0.488 e. The van der Waals surface area contributed by atoms with Crippen molar-refractivity contribution in [2.45, 2.75) is 70.9 Å². The molecule has 234 valence electrons. The summed E-state index contributed by atoms with van der Waals surface area (Å²) in [5.41, 5.74) is 1.98. The Morgan fingerprint density at radius 2 is 1.20 bits per heavy atom. The van der Waals surface area contributed by atoms with Crippen LogP contribution in [0.25, 0.3) is 0 Å². The molecule has 3 aromatic rings. The molecule has 0 radical (unpaired) electrons. The molecular formula is C34H41N3O7. The van der Waals surface area contributed by atoms with Crippen LogP contribution < -0.4 is 20.7 Å². The van der Waals surface area contributed by atoms with Crippen molar-refractivity contribution in [3.63, 3.8) is 0 Å². The Balaban J connectivity index is 1.73. The van der Waals surface area contributed by atoms with E-state index in [1.54, 1.807) is 24.3 Å². The van der Waals surface area contributed by atoms with Gasteiger partial charge in [0.25, 0.3) is 0 Å². The van der Waals surface area contributed by atoms with E-state index in [0.29, 0.717) is 5.75 Å². The van der Waals surface area contributed by atoms with Crippen molar-refractivity contribution in [1.82, 2.24) is 16.0 Å². The molecule has 0 unspecified atom stereocenters. The van der Waals surface area contributed by atoms with Crippen LogP contribution in [0.2, 0.25) is 0 Å². The predicted molar refractivity (Wildman–Crippen MR) is 166 cm³/mol. The van der Waals surface area contributed by atoms with Gasteiger partial charge in [-0.25, -0.2) is 9.59 Å². The van der Waals surface area contributed by atoms with Gasteiger partial charge in [-0.1, -0.05) is 72.8 Å². The fraction of sp³-hybridized carbons (Fsp3) is 0.353. The van der Waals surface area contributed by atoms with Gasteiger partial charge in [0, 0.05) is 12.8 Å². The van der Waals surface area contributed by atoms with E-state index in [9.17, 15) is 19.2 Å². The zero-order valence-electron chi connectivity index (χ0n) is 25.8. The van der Waals surface area contributed by atoms with Crippen molar-refractivity contribution in [1.29, 1.82) is 0 Å². The molecule has 0 fully saturated rings. The van der Waals surface area contributed by atoms with Crippen molar-refractivity contribution >= 4 is 23.9 Å². The maximum atomic E-state index is 13.6. The zero-order valence-corrected chi connectivity index (χ0v) is 25.8. The number of carbonyl (C=O) groups excluding carboxylic acids is 4. The first kappa shape index (κ1) is 33.6. The van der Waals surface area contributed by atoms with Gasteiger partial charge in [0.1, 0.15) is 36.1 Å². The molecule has 0 bridgehead atoms. The van der Waals surface area contributed by atoms with E-state index in [-0.39, 0.29) is 25.0 Å². The van der Waals surface area contributed by atoms with Crippen LogP contribution >= 0.6 is 0 Å². The van der Waals surface area contributed by atoms with Crippen molar-refractivity contribution in [2.24, 2.45) is 0 Å². The monoisotopic (exact) mass is 603 g/mol. The van der Waals surface area contributed by atoms with E-state index >= 15 is 0 Å². The Labute approximate surface area is 258 Å². The zero-order chi connectivity index (χ0) is 32.1. The number of hydrogen-bond donors (Lipinski definition) is 3. The first-order valence-electron chi connectivity index (χ1n) is 14.4. The minimum Gasteiger partial charge on any atom is -0.488 e. The lowest BCUT2D eigenvalue weighted by Crippen LogP contribution is -2.56. The lowest BCUT2D eigenvalue weighted by molar-refractivity contribution is -0.145. The summed E-state index contributed by atoms with van der Waals surface area (Å²) in [6, 6.07) is 22.4. The number of hydrogen-bond acceptors (Lipinski definition) is 7. The summed E-state index contributed by atoms with van der Waals surface area (Å²) in [5.74, 6) is -1.15. The minimum atomic E-state index is -1.08. The summed E-state index contributed by atoms with van der Waals surface area (Å²) in [4.78, 5) is 51.7. The van der Waals surface area contributed by atoms with Crippen LogP contribution in [-0.2, 0) is 43.3 Å². The molecule has 0 spiro atoms. The number of ether oxygens (including phenoxy) is 3. The van der Waals surface area contributed by atoms with Gasteiger partial charge >= 0.3 is 12.1 Å². The summed E-state index contributed by atoms with van der Waals surface area (Å²) in [7, 11) is 1.25. The van der Waals surface area contributed by atoms with Gasteiger partial charge in [-0.15, -0.1) is 0 Å². The third-order valence-corrected chi connectivity index (χ3v) is 6.45. The molecule has 0 heterocycles. The highest BCUT2D eigenvalue weighted by Crippen LogP contribution is 2.19. The van der Waals surface area contributed by atoms with Crippen LogP contribution in [0.5, 0.6) is 5.75 Å². The highest BCUT2D eigenvalue weighted by molar-refractivity contribution is 5.93. The predicted octanol–water partition coefficient (Wildman–Crippen LogP) is 4.11. The number of esters is 1. The smallest absolute Gasteiger partial charge is 0.408 e. The van der Waals surface area contributed by atoms with Gasteiger partial charge in [-0.05, 0) is 56.5 Å². The lowest BCUT2D eigenvalue weighted by atomic mass is 10.0. The van der Waals surface area contributed by atoms with Crippen LogP contribution in [0.4, 0.5) is 4.79 Å². The molecule has 3 rings (SSSR count). The van der Waals surface area contributed by atoms with E-state index in [2.05, 4.69) is 16.0 Å². The van der Waals surface area contributed by atoms with E-state index in [1.165, 1.54) is 14.0 Å². The van der Waals surface area contributed by atoms with Crippen molar-refractivity contribution in [2.75, 3.05) is 7.11 Å². The van der Waals surface area contributed by atoms with Gasteiger partial charge < -0.3 is 30.2 Å². The Morgan fingerprint density at radius 1 is 0.682 bits per heavy atom. The SMILES string of the molecule is COC(=O)[C@H](Cc1ccccc1)NC(=O)[C@H](Cc1ccc(OC(C)(C)C)cc1)NC(=O)[C@@H](C)NC(=O)OCc1ccccc1. The molecule has 0 aliphatic heterocycles. The van der Waals surface area contributed by atoms with E-state index in [1.807, 2.05) is 81.4 Å². The fourth-order valence-electron chi connectivity index (χ4n) is 4.25.